The van der Waals surface area contributed by atoms with Crippen molar-refractivity contribution in [1.29, 1.82) is 0 Å². The van der Waals surface area contributed by atoms with E-state index in [1.54, 1.807) is 18.3 Å². The summed E-state index contributed by atoms with van der Waals surface area (Å²) in [6, 6.07) is 3.94. The van der Waals surface area contributed by atoms with Gasteiger partial charge in [-0.05, 0) is 31.2 Å². The smallest absolute Gasteiger partial charge is 0.350 e. The van der Waals surface area contributed by atoms with Crippen molar-refractivity contribution in [3.8, 4) is 9.88 Å². The molecule has 0 radical (unpaired) electrons. The second-order valence-corrected chi connectivity index (χ2v) is 7.53. The van der Waals surface area contributed by atoms with Crippen LogP contribution in [0, 0.1) is 12.8 Å². The molecule has 0 aliphatic rings. The van der Waals surface area contributed by atoms with Gasteiger partial charge in [-0.25, -0.2) is 9.78 Å². The van der Waals surface area contributed by atoms with Crippen molar-refractivity contribution in [2.45, 2.75) is 33.7 Å². The van der Waals surface area contributed by atoms with Crippen LogP contribution in [0.1, 0.15) is 36.1 Å². The molecule has 0 fully saturated rings. The first kappa shape index (κ1) is 17.6. The number of carbonyl (C=O) groups is 2. The van der Waals surface area contributed by atoms with E-state index in [0.29, 0.717) is 16.5 Å². The minimum atomic E-state index is -0.504. The third-order valence-electron chi connectivity index (χ3n) is 3.44. The minimum absolute atomic E-state index is 0.0387. The number of ether oxygens (including phenoxy) is 1. The number of nitrogens with zero attached hydrogens (tertiary/aromatic N) is 1. The molecule has 2 rings (SSSR count). The first-order valence-corrected chi connectivity index (χ1v) is 9.06. The summed E-state index contributed by atoms with van der Waals surface area (Å²) in [4.78, 5) is 29.8. The van der Waals surface area contributed by atoms with E-state index in [-0.39, 0.29) is 18.6 Å². The van der Waals surface area contributed by atoms with Crippen LogP contribution in [0.2, 0.25) is 0 Å². The van der Waals surface area contributed by atoms with Crippen molar-refractivity contribution in [2.75, 3.05) is 6.61 Å². The highest BCUT2D eigenvalue weighted by atomic mass is 32.1. The van der Waals surface area contributed by atoms with Crippen LogP contribution in [-0.2, 0) is 9.53 Å². The van der Waals surface area contributed by atoms with Crippen LogP contribution in [0.5, 0.6) is 0 Å². The monoisotopic (exact) mass is 352 g/mol. The maximum absolute atomic E-state index is 12.1. The molecule has 2 aromatic heterocycles. The van der Waals surface area contributed by atoms with E-state index in [9.17, 15) is 9.59 Å². The number of carbonyl (C=O) groups excluding carboxylic acids is 2. The van der Waals surface area contributed by atoms with Gasteiger partial charge in [-0.1, -0.05) is 19.9 Å². The second kappa shape index (κ2) is 7.70. The molecule has 124 valence electrons. The van der Waals surface area contributed by atoms with Gasteiger partial charge in [0.2, 0.25) is 0 Å². The predicted molar refractivity (Wildman–Crippen MR) is 92.9 cm³/mol. The second-order valence-electron chi connectivity index (χ2n) is 5.59. The van der Waals surface area contributed by atoms with E-state index in [2.05, 4.69) is 10.3 Å². The number of hydrogen-bond acceptors (Lipinski definition) is 6. The lowest BCUT2D eigenvalue weighted by atomic mass is 10.1. The Morgan fingerprint density at radius 2 is 2.09 bits per heavy atom. The van der Waals surface area contributed by atoms with Gasteiger partial charge in [0.25, 0.3) is 5.91 Å². The van der Waals surface area contributed by atoms with Gasteiger partial charge in [0.1, 0.15) is 9.88 Å². The SMILES string of the molecule is Cc1nc(-c2cccs2)sc1C(=O)OCC(=O)NC(C)C(C)C. The van der Waals surface area contributed by atoms with Gasteiger partial charge in [-0.2, -0.15) is 0 Å². The predicted octanol–water partition coefficient (Wildman–Crippen LogP) is 3.50. The van der Waals surface area contributed by atoms with Crippen LogP contribution in [0.3, 0.4) is 0 Å². The van der Waals surface area contributed by atoms with E-state index >= 15 is 0 Å². The lowest BCUT2D eigenvalue weighted by Crippen LogP contribution is -2.38. The number of rotatable bonds is 6. The largest absolute Gasteiger partial charge is 0.451 e. The fraction of sp³-hybridized carbons (Fsp3) is 0.438. The van der Waals surface area contributed by atoms with Gasteiger partial charge in [-0.3, -0.25) is 4.79 Å². The maximum Gasteiger partial charge on any atom is 0.350 e. The number of nitrogens with one attached hydrogen (secondary N) is 1. The Hall–Kier alpha value is -1.73. The van der Waals surface area contributed by atoms with Crippen molar-refractivity contribution in [1.82, 2.24) is 10.3 Å². The van der Waals surface area contributed by atoms with Crippen molar-refractivity contribution in [3.63, 3.8) is 0 Å². The molecular formula is C16H20N2O3S2. The number of amides is 1. The molecule has 7 heteroatoms. The number of hydrogen-bond donors (Lipinski definition) is 1. The number of aromatic nitrogens is 1. The molecule has 2 aromatic rings. The maximum atomic E-state index is 12.1. The van der Waals surface area contributed by atoms with Gasteiger partial charge >= 0.3 is 5.97 Å². The topological polar surface area (TPSA) is 68.3 Å². The van der Waals surface area contributed by atoms with Crippen LogP contribution in [-0.4, -0.2) is 29.5 Å². The molecular weight excluding hydrogens is 332 g/mol. The summed E-state index contributed by atoms with van der Waals surface area (Å²) in [5.74, 6) is -0.470. The lowest BCUT2D eigenvalue weighted by molar-refractivity contribution is -0.125. The quantitative estimate of drug-likeness (QED) is 0.808. The fourth-order valence-electron chi connectivity index (χ4n) is 1.75. The van der Waals surface area contributed by atoms with Gasteiger partial charge in [0.05, 0.1) is 10.6 Å². The third kappa shape index (κ3) is 4.62. The van der Waals surface area contributed by atoms with Crippen LogP contribution in [0.25, 0.3) is 9.88 Å². The number of esters is 1. The first-order valence-electron chi connectivity index (χ1n) is 7.36. The van der Waals surface area contributed by atoms with Crippen molar-refractivity contribution >= 4 is 34.6 Å². The third-order valence-corrected chi connectivity index (χ3v) is 5.61. The molecule has 0 aromatic carbocycles. The zero-order valence-electron chi connectivity index (χ0n) is 13.6. The molecule has 0 bridgehead atoms. The van der Waals surface area contributed by atoms with E-state index < -0.39 is 5.97 Å². The molecule has 1 atom stereocenters. The summed E-state index contributed by atoms with van der Waals surface area (Å²) >= 11 is 2.86. The zero-order chi connectivity index (χ0) is 17.0. The van der Waals surface area contributed by atoms with Gasteiger partial charge in [0.15, 0.2) is 6.61 Å². The Balaban J connectivity index is 1.95. The van der Waals surface area contributed by atoms with Crippen LogP contribution >= 0.6 is 22.7 Å². The van der Waals surface area contributed by atoms with Gasteiger partial charge < -0.3 is 10.1 Å². The van der Waals surface area contributed by atoms with Crippen molar-refractivity contribution < 1.29 is 14.3 Å². The highest BCUT2D eigenvalue weighted by Gasteiger charge is 2.19. The van der Waals surface area contributed by atoms with Gasteiger partial charge in [-0.15, -0.1) is 22.7 Å². The summed E-state index contributed by atoms with van der Waals surface area (Å²) in [6.45, 7) is 7.45. The highest BCUT2D eigenvalue weighted by Crippen LogP contribution is 2.31. The molecule has 5 nitrogen and oxygen atoms in total. The van der Waals surface area contributed by atoms with E-state index in [0.717, 1.165) is 9.88 Å². The van der Waals surface area contributed by atoms with E-state index in [1.807, 2.05) is 38.3 Å². The molecule has 0 aliphatic carbocycles. The Morgan fingerprint density at radius 1 is 1.35 bits per heavy atom. The number of thiophene rings is 1. The van der Waals surface area contributed by atoms with Gasteiger partial charge in [0, 0.05) is 6.04 Å². The normalized spacial score (nSPS) is 12.2. The first-order chi connectivity index (χ1) is 10.9. The van der Waals surface area contributed by atoms with Crippen LogP contribution in [0.4, 0.5) is 0 Å². The Bertz CT molecular complexity index is 678. The average Bonchev–Trinajstić information content (AvgIpc) is 3.13. The average molecular weight is 352 g/mol. The summed E-state index contributed by atoms with van der Waals surface area (Å²) in [7, 11) is 0. The van der Waals surface area contributed by atoms with E-state index in [4.69, 9.17) is 4.74 Å². The highest BCUT2D eigenvalue weighted by molar-refractivity contribution is 7.22. The number of aryl methyl sites for hydroxylation is 1. The van der Waals surface area contributed by atoms with Crippen LogP contribution < -0.4 is 5.32 Å². The molecule has 1 unspecified atom stereocenters. The van der Waals surface area contributed by atoms with Crippen molar-refractivity contribution in [2.24, 2.45) is 5.92 Å². The molecule has 2 heterocycles. The van der Waals surface area contributed by atoms with Crippen molar-refractivity contribution in [3.05, 3.63) is 28.1 Å². The molecule has 0 saturated heterocycles. The molecule has 1 N–H and O–H groups in total. The summed E-state index contributed by atoms with van der Waals surface area (Å²) in [6.07, 6.45) is 0. The van der Waals surface area contributed by atoms with E-state index in [1.165, 1.54) is 11.3 Å². The Labute approximate surface area is 143 Å². The molecule has 0 saturated carbocycles. The number of thiazole rings is 1. The molecule has 1 amide bonds. The molecule has 0 spiro atoms. The lowest BCUT2D eigenvalue weighted by Gasteiger charge is -2.17. The minimum Gasteiger partial charge on any atom is -0.451 e. The summed E-state index contributed by atoms with van der Waals surface area (Å²) in [5, 5.41) is 5.56. The Kier molecular flexibility index (Phi) is 5.90. The summed E-state index contributed by atoms with van der Waals surface area (Å²) < 4.78 is 5.10. The zero-order valence-corrected chi connectivity index (χ0v) is 15.2. The molecule has 23 heavy (non-hydrogen) atoms. The molecule has 0 aliphatic heterocycles. The summed E-state index contributed by atoms with van der Waals surface area (Å²) in [5.41, 5.74) is 0.624. The standard InChI is InChI=1S/C16H20N2O3S2/c1-9(2)10(3)17-13(19)8-21-16(20)14-11(4)18-15(23-14)12-6-5-7-22-12/h5-7,9-10H,8H2,1-4H3,(H,17,19). The fourth-order valence-corrected chi connectivity index (χ4v) is 3.51. The van der Waals surface area contributed by atoms with Crippen LogP contribution in [0.15, 0.2) is 17.5 Å². The Morgan fingerprint density at radius 3 is 2.70 bits per heavy atom.